The van der Waals surface area contributed by atoms with Crippen molar-refractivity contribution in [3.8, 4) is 0 Å². The summed E-state index contributed by atoms with van der Waals surface area (Å²) in [7, 11) is 1.86. The van der Waals surface area contributed by atoms with E-state index < -0.39 is 0 Å². The molecule has 3 heterocycles. The van der Waals surface area contributed by atoms with Crippen LogP contribution in [0.4, 0.5) is 0 Å². The smallest absolute Gasteiger partial charge is 0.194 e. The number of aryl methyl sites for hydroxylation is 2. The quantitative estimate of drug-likeness (QED) is 0.682. The molecule has 4 rings (SSSR count). The van der Waals surface area contributed by atoms with E-state index in [2.05, 4.69) is 50.2 Å². The van der Waals surface area contributed by atoms with Gasteiger partial charge in [0.15, 0.2) is 5.96 Å². The molecule has 0 radical (unpaired) electrons. The molecule has 1 aromatic heterocycles. The second-order valence-electron chi connectivity index (χ2n) is 6.64. The molecule has 0 unspecified atom stereocenters. The van der Waals surface area contributed by atoms with Gasteiger partial charge >= 0.3 is 0 Å². The van der Waals surface area contributed by atoms with Crippen molar-refractivity contribution in [1.82, 2.24) is 19.8 Å². The zero-order valence-electron chi connectivity index (χ0n) is 14.3. The highest BCUT2D eigenvalue weighted by molar-refractivity contribution is 5.80. The average molecular weight is 323 g/mol. The molecule has 24 heavy (non-hydrogen) atoms. The van der Waals surface area contributed by atoms with Crippen LogP contribution in [-0.4, -0.2) is 34.0 Å². The monoisotopic (exact) mass is 323 g/mol. The summed E-state index contributed by atoms with van der Waals surface area (Å²) in [5.74, 6) is 2.20. The van der Waals surface area contributed by atoms with E-state index in [1.165, 1.54) is 29.8 Å². The first kappa shape index (κ1) is 15.2. The minimum atomic E-state index is 0.741. The molecular formula is C19H25N5. The third-order valence-corrected chi connectivity index (χ3v) is 5.03. The van der Waals surface area contributed by atoms with Crippen LogP contribution >= 0.6 is 0 Å². The van der Waals surface area contributed by atoms with Crippen molar-refractivity contribution in [2.24, 2.45) is 4.99 Å². The van der Waals surface area contributed by atoms with Crippen molar-refractivity contribution >= 4 is 5.96 Å². The first-order valence-corrected chi connectivity index (χ1v) is 8.91. The summed E-state index contributed by atoms with van der Waals surface area (Å²) in [6, 6.07) is 8.70. The van der Waals surface area contributed by atoms with Crippen molar-refractivity contribution in [3.63, 3.8) is 0 Å². The molecule has 0 saturated carbocycles. The minimum absolute atomic E-state index is 0.741. The summed E-state index contributed by atoms with van der Waals surface area (Å²) in [6.07, 6.45) is 6.91. The molecule has 0 atom stereocenters. The van der Waals surface area contributed by atoms with E-state index in [0.717, 1.165) is 50.7 Å². The number of aromatic nitrogens is 2. The van der Waals surface area contributed by atoms with Crippen LogP contribution in [0.2, 0.25) is 0 Å². The van der Waals surface area contributed by atoms with Gasteiger partial charge in [-0.2, -0.15) is 0 Å². The van der Waals surface area contributed by atoms with E-state index in [-0.39, 0.29) is 0 Å². The SMILES string of the molecule is CN=C(NCc1cn2c(n1)CCCC2)N1CCc2ccccc2C1. The molecule has 0 fully saturated rings. The van der Waals surface area contributed by atoms with E-state index in [4.69, 9.17) is 4.98 Å². The standard InChI is InChI=1S/C19H25N5/c1-20-19(24-11-9-15-6-2-3-7-16(15)13-24)21-12-17-14-23-10-5-4-8-18(23)22-17/h2-3,6-7,14H,4-5,8-13H2,1H3,(H,20,21). The van der Waals surface area contributed by atoms with Crippen LogP contribution in [0.3, 0.4) is 0 Å². The predicted molar refractivity (Wildman–Crippen MR) is 95.9 cm³/mol. The number of guanidine groups is 1. The zero-order chi connectivity index (χ0) is 16.4. The van der Waals surface area contributed by atoms with Crippen LogP contribution in [0.1, 0.15) is 35.5 Å². The number of nitrogens with zero attached hydrogens (tertiary/aromatic N) is 4. The van der Waals surface area contributed by atoms with Crippen LogP contribution in [0.25, 0.3) is 0 Å². The molecule has 126 valence electrons. The average Bonchev–Trinajstić information content (AvgIpc) is 3.05. The fraction of sp³-hybridized carbons (Fsp3) is 0.474. The van der Waals surface area contributed by atoms with E-state index in [0.29, 0.717) is 0 Å². The molecule has 5 heteroatoms. The van der Waals surface area contributed by atoms with Gasteiger partial charge in [-0.15, -0.1) is 0 Å². The fourth-order valence-corrected chi connectivity index (χ4v) is 3.74. The highest BCUT2D eigenvalue weighted by atomic mass is 15.3. The third-order valence-electron chi connectivity index (χ3n) is 5.03. The summed E-state index contributed by atoms with van der Waals surface area (Å²) >= 11 is 0. The first-order valence-electron chi connectivity index (χ1n) is 8.91. The maximum absolute atomic E-state index is 4.77. The van der Waals surface area contributed by atoms with Crippen molar-refractivity contribution in [3.05, 3.63) is 53.1 Å². The number of rotatable bonds is 2. The molecule has 0 saturated heterocycles. The van der Waals surface area contributed by atoms with E-state index >= 15 is 0 Å². The first-order chi connectivity index (χ1) is 11.8. The van der Waals surface area contributed by atoms with Gasteiger partial charge < -0.3 is 14.8 Å². The van der Waals surface area contributed by atoms with E-state index in [1.807, 2.05) is 7.05 Å². The minimum Gasteiger partial charge on any atom is -0.351 e. The summed E-state index contributed by atoms with van der Waals surface area (Å²) in [4.78, 5) is 11.6. The Labute approximate surface area is 143 Å². The van der Waals surface area contributed by atoms with Gasteiger partial charge in [0.1, 0.15) is 5.82 Å². The van der Waals surface area contributed by atoms with Crippen molar-refractivity contribution in [2.75, 3.05) is 13.6 Å². The van der Waals surface area contributed by atoms with Gasteiger partial charge in [0.2, 0.25) is 0 Å². The molecule has 0 amide bonds. The Morgan fingerprint density at radius 1 is 1.17 bits per heavy atom. The van der Waals surface area contributed by atoms with Gasteiger partial charge in [-0.1, -0.05) is 24.3 Å². The van der Waals surface area contributed by atoms with Gasteiger partial charge in [-0.3, -0.25) is 4.99 Å². The maximum atomic E-state index is 4.77. The number of fused-ring (bicyclic) bond motifs is 2. The summed E-state index contributed by atoms with van der Waals surface area (Å²) in [6.45, 7) is 3.79. The molecule has 1 N–H and O–H groups in total. The number of aliphatic imine (C=N–C) groups is 1. The van der Waals surface area contributed by atoms with Crippen LogP contribution in [0.15, 0.2) is 35.5 Å². The lowest BCUT2D eigenvalue weighted by atomic mass is 10.0. The van der Waals surface area contributed by atoms with Gasteiger partial charge in [0, 0.05) is 39.3 Å². The molecule has 0 bridgehead atoms. The highest BCUT2D eigenvalue weighted by Gasteiger charge is 2.19. The van der Waals surface area contributed by atoms with Gasteiger partial charge in [0.05, 0.1) is 12.2 Å². The Balaban J connectivity index is 1.41. The van der Waals surface area contributed by atoms with Gasteiger partial charge in [-0.05, 0) is 30.4 Å². The van der Waals surface area contributed by atoms with Crippen molar-refractivity contribution in [2.45, 2.75) is 45.3 Å². The summed E-state index contributed by atoms with van der Waals surface area (Å²) in [5, 5.41) is 3.50. The normalized spacial score (nSPS) is 17.4. The number of hydrogen-bond donors (Lipinski definition) is 1. The molecule has 5 nitrogen and oxygen atoms in total. The Morgan fingerprint density at radius 2 is 2.04 bits per heavy atom. The second-order valence-corrected chi connectivity index (χ2v) is 6.64. The van der Waals surface area contributed by atoms with Crippen molar-refractivity contribution in [1.29, 1.82) is 0 Å². The molecule has 2 aliphatic rings. The maximum Gasteiger partial charge on any atom is 0.194 e. The lowest BCUT2D eigenvalue weighted by Gasteiger charge is -2.31. The molecule has 0 aliphatic carbocycles. The summed E-state index contributed by atoms with van der Waals surface area (Å²) < 4.78 is 2.31. The molecule has 1 aromatic carbocycles. The topological polar surface area (TPSA) is 45.5 Å². The Morgan fingerprint density at radius 3 is 2.88 bits per heavy atom. The van der Waals surface area contributed by atoms with Crippen LogP contribution < -0.4 is 5.32 Å². The van der Waals surface area contributed by atoms with Crippen LogP contribution in [0.5, 0.6) is 0 Å². The highest BCUT2D eigenvalue weighted by Crippen LogP contribution is 2.19. The third kappa shape index (κ3) is 3.03. The number of benzene rings is 1. The van der Waals surface area contributed by atoms with Gasteiger partial charge in [-0.25, -0.2) is 4.98 Å². The Bertz CT molecular complexity index is 722. The number of hydrogen-bond acceptors (Lipinski definition) is 2. The molecule has 2 aromatic rings. The lowest BCUT2D eigenvalue weighted by molar-refractivity contribution is 0.378. The molecule has 2 aliphatic heterocycles. The predicted octanol–water partition coefficient (Wildman–Crippen LogP) is 2.35. The number of imidazole rings is 1. The summed E-state index contributed by atoms with van der Waals surface area (Å²) in [5.41, 5.74) is 3.99. The Kier molecular flexibility index (Phi) is 4.24. The van der Waals surface area contributed by atoms with Crippen LogP contribution in [0, 0.1) is 0 Å². The van der Waals surface area contributed by atoms with E-state index in [1.54, 1.807) is 0 Å². The van der Waals surface area contributed by atoms with Crippen LogP contribution in [-0.2, 0) is 32.5 Å². The fourth-order valence-electron chi connectivity index (χ4n) is 3.74. The van der Waals surface area contributed by atoms with E-state index in [9.17, 15) is 0 Å². The largest absolute Gasteiger partial charge is 0.351 e. The lowest BCUT2D eigenvalue weighted by Crippen LogP contribution is -2.43. The Hall–Kier alpha value is -2.30. The molecule has 0 spiro atoms. The van der Waals surface area contributed by atoms with Crippen molar-refractivity contribution < 1.29 is 0 Å². The molecular weight excluding hydrogens is 298 g/mol. The zero-order valence-corrected chi connectivity index (χ0v) is 14.3. The second kappa shape index (κ2) is 6.67. The van der Waals surface area contributed by atoms with Gasteiger partial charge in [0.25, 0.3) is 0 Å². The number of nitrogens with one attached hydrogen (secondary N) is 1.